The number of carbonyl (C=O) groups excluding carboxylic acids is 1. The molecule has 4 heteroatoms. The summed E-state index contributed by atoms with van der Waals surface area (Å²) in [5.41, 5.74) is 0. The van der Waals surface area contributed by atoms with Crippen LogP contribution in [0.2, 0.25) is 0 Å². The van der Waals surface area contributed by atoms with Crippen LogP contribution in [0, 0.1) is 17.8 Å². The van der Waals surface area contributed by atoms with Gasteiger partial charge in [-0.3, -0.25) is 4.79 Å². The number of carbonyl (C=O) groups is 1. The van der Waals surface area contributed by atoms with Gasteiger partial charge in [-0.2, -0.15) is 0 Å². The molecule has 2 N–H and O–H groups in total. The van der Waals surface area contributed by atoms with Crippen molar-refractivity contribution in [1.82, 2.24) is 10.2 Å². The van der Waals surface area contributed by atoms with Gasteiger partial charge in [-0.25, -0.2) is 0 Å². The summed E-state index contributed by atoms with van der Waals surface area (Å²) in [5.74, 6) is 1.09. The van der Waals surface area contributed by atoms with Crippen molar-refractivity contribution in [1.29, 1.82) is 0 Å². The third kappa shape index (κ3) is 5.04. The van der Waals surface area contributed by atoms with Gasteiger partial charge in [0.25, 0.3) is 0 Å². The molecule has 0 radical (unpaired) electrons. The molecule has 1 heterocycles. The highest BCUT2D eigenvalue weighted by Gasteiger charge is 2.28. The van der Waals surface area contributed by atoms with Gasteiger partial charge in [-0.05, 0) is 24.8 Å². The molecule has 17 heavy (non-hydrogen) atoms. The first-order chi connectivity index (χ1) is 8.02. The third-order valence-electron chi connectivity index (χ3n) is 3.20. The van der Waals surface area contributed by atoms with Gasteiger partial charge in [0.05, 0.1) is 5.92 Å². The summed E-state index contributed by atoms with van der Waals surface area (Å²) < 4.78 is 0. The van der Waals surface area contributed by atoms with Crippen LogP contribution in [0.4, 0.5) is 0 Å². The smallest absolute Gasteiger partial charge is 0.224 e. The van der Waals surface area contributed by atoms with E-state index in [2.05, 4.69) is 24.1 Å². The summed E-state index contributed by atoms with van der Waals surface area (Å²) in [6, 6.07) is 0. The zero-order valence-electron chi connectivity index (χ0n) is 11.3. The molecule has 0 spiro atoms. The molecular weight excluding hydrogens is 216 g/mol. The van der Waals surface area contributed by atoms with E-state index in [1.807, 2.05) is 6.92 Å². The van der Waals surface area contributed by atoms with Crippen LogP contribution in [0.1, 0.15) is 27.2 Å². The minimum Gasteiger partial charge on any atom is -0.396 e. The van der Waals surface area contributed by atoms with Gasteiger partial charge in [0.2, 0.25) is 5.91 Å². The molecule has 2 atom stereocenters. The maximum absolute atomic E-state index is 11.9. The van der Waals surface area contributed by atoms with Crippen LogP contribution in [-0.4, -0.2) is 48.7 Å². The van der Waals surface area contributed by atoms with Crippen LogP contribution in [0.15, 0.2) is 0 Å². The number of nitrogens with one attached hydrogen (secondary N) is 1. The van der Waals surface area contributed by atoms with Gasteiger partial charge in [-0.15, -0.1) is 0 Å². The van der Waals surface area contributed by atoms with Crippen molar-refractivity contribution in [2.24, 2.45) is 17.8 Å². The van der Waals surface area contributed by atoms with Crippen molar-refractivity contribution in [2.75, 3.05) is 32.8 Å². The first kappa shape index (κ1) is 14.5. The Morgan fingerprint density at radius 1 is 1.47 bits per heavy atom. The van der Waals surface area contributed by atoms with Crippen LogP contribution >= 0.6 is 0 Å². The Hall–Kier alpha value is -0.610. The van der Waals surface area contributed by atoms with E-state index in [-0.39, 0.29) is 24.3 Å². The highest BCUT2D eigenvalue weighted by molar-refractivity contribution is 5.79. The summed E-state index contributed by atoms with van der Waals surface area (Å²) in [6.45, 7) is 10.0. The topological polar surface area (TPSA) is 52.6 Å². The van der Waals surface area contributed by atoms with Gasteiger partial charge in [-0.1, -0.05) is 20.8 Å². The van der Waals surface area contributed by atoms with E-state index in [0.29, 0.717) is 12.5 Å². The first-order valence-corrected chi connectivity index (χ1v) is 6.63. The van der Waals surface area contributed by atoms with E-state index in [0.717, 1.165) is 26.1 Å². The maximum Gasteiger partial charge on any atom is 0.224 e. The van der Waals surface area contributed by atoms with E-state index in [1.54, 1.807) is 0 Å². The van der Waals surface area contributed by atoms with Crippen molar-refractivity contribution < 1.29 is 9.90 Å². The summed E-state index contributed by atoms with van der Waals surface area (Å²) in [4.78, 5) is 14.2. The molecular formula is C13H26N2O2. The molecule has 0 aromatic carbocycles. The number of hydrogen-bond acceptors (Lipinski definition) is 3. The molecule has 1 aliphatic rings. The lowest BCUT2D eigenvalue weighted by Gasteiger charge is -2.18. The van der Waals surface area contributed by atoms with Crippen molar-refractivity contribution in [3.8, 4) is 0 Å². The SMILES string of the molecule is CC(C)CN1CCC(C(=O)NCC(C)CO)C1. The van der Waals surface area contributed by atoms with Crippen molar-refractivity contribution in [2.45, 2.75) is 27.2 Å². The molecule has 1 rings (SSSR count). The summed E-state index contributed by atoms with van der Waals surface area (Å²) in [5, 5.41) is 11.8. The molecule has 1 aliphatic heterocycles. The van der Waals surface area contributed by atoms with Gasteiger partial charge >= 0.3 is 0 Å². The van der Waals surface area contributed by atoms with Gasteiger partial charge in [0, 0.05) is 26.2 Å². The molecule has 0 aromatic rings. The predicted molar refractivity (Wildman–Crippen MR) is 68.6 cm³/mol. The second-order valence-electron chi connectivity index (χ2n) is 5.67. The largest absolute Gasteiger partial charge is 0.396 e. The average molecular weight is 242 g/mol. The monoisotopic (exact) mass is 242 g/mol. The van der Waals surface area contributed by atoms with Crippen LogP contribution in [-0.2, 0) is 4.79 Å². The molecule has 0 saturated carbocycles. The fraction of sp³-hybridized carbons (Fsp3) is 0.923. The number of aliphatic hydroxyl groups is 1. The lowest BCUT2D eigenvalue weighted by Crippen LogP contribution is -2.36. The summed E-state index contributed by atoms with van der Waals surface area (Å²) in [7, 11) is 0. The first-order valence-electron chi connectivity index (χ1n) is 6.63. The number of nitrogens with zero attached hydrogens (tertiary/aromatic N) is 1. The van der Waals surface area contributed by atoms with E-state index < -0.39 is 0 Å². The Bertz CT molecular complexity index is 244. The van der Waals surface area contributed by atoms with Crippen LogP contribution in [0.5, 0.6) is 0 Å². The van der Waals surface area contributed by atoms with Gasteiger partial charge in [0.15, 0.2) is 0 Å². The lowest BCUT2D eigenvalue weighted by molar-refractivity contribution is -0.124. The fourth-order valence-corrected chi connectivity index (χ4v) is 2.21. The molecule has 2 unspecified atom stereocenters. The Labute approximate surface area is 104 Å². The predicted octanol–water partition coefficient (Wildman–Crippen LogP) is 0.709. The summed E-state index contributed by atoms with van der Waals surface area (Å²) in [6.07, 6.45) is 0.964. The minimum absolute atomic E-state index is 0.129. The number of amides is 1. The molecule has 0 aliphatic carbocycles. The fourth-order valence-electron chi connectivity index (χ4n) is 2.21. The molecule has 0 aromatic heterocycles. The highest BCUT2D eigenvalue weighted by Crippen LogP contribution is 2.17. The zero-order chi connectivity index (χ0) is 12.8. The quantitative estimate of drug-likeness (QED) is 0.721. The Kier molecular flexibility index (Phi) is 5.92. The molecule has 100 valence electrons. The number of hydrogen-bond donors (Lipinski definition) is 2. The van der Waals surface area contributed by atoms with Crippen LogP contribution in [0.25, 0.3) is 0 Å². The zero-order valence-corrected chi connectivity index (χ0v) is 11.3. The maximum atomic E-state index is 11.9. The van der Waals surface area contributed by atoms with E-state index in [9.17, 15) is 4.79 Å². The standard InChI is InChI=1S/C13H26N2O2/c1-10(2)7-15-5-4-12(8-15)13(17)14-6-11(3)9-16/h10-12,16H,4-9H2,1-3H3,(H,14,17). The highest BCUT2D eigenvalue weighted by atomic mass is 16.3. The summed E-state index contributed by atoms with van der Waals surface area (Å²) >= 11 is 0. The molecule has 1 amide bonds. The number of aliphatic hydroxyl groups excluding tert-OH is 1. The van der Waals surface area contributed by atoms with Crippen molar-refractivity contribution in [3.05, 3.63) is 0 Å². The van der Waals surface area contributed by atoms with E-state index in [4.69, 9.17) is 5.11 Å². The molecule has 0 bridgehead atoms. The van der Waals surface area contributed by atoms with Gasteiger partial charge in [0.1, 0.15) is 0 Å². The van der Waals surface area contributed by atoms with Crippen molar-refractivity contribution >= 4 is 5.91 Å². The third-order valence-corrected chi connectivity index (χ3v) is 3.20. The normalized spacial score (nSPS) is 23.0. The van der Waals surface area contributed by atoms with Crippen LogP contribution < -0.4 is 5.32 Å². The Balaban J connectivity index is 2.25. The van der Waals surface area contributed by atoms with Gasteiger partial charge < -0.3 is 15.3 Å². The van der Waals surface area contributed by atoms with Crippen molar-refractivity contribution in [3.63, 3.8) is 0 Å². The molecule has 1 fully saturated rings. The minimum atomic E-state index is 0.129. The Morgan fingerprint density at radius 2 is 2.18 bits per heavy atom. The van der Waals surface area contributed by atoms with Crippen LogP contribution in [0.3, 0.4) is 0 Å². The van der Waals surface area contributed by atoms with E-state index in [1.165, 1.54) is 0 Å². The number of rotatable bonds is 6. The second kappa shape index (κ2) is 6.97. The van der Waals surface area contributed by atoms with E-state index >= 15 is 0 Å². The molecule has 4 nitrogen and oxygen atoms in total. The molecule has 1 saturated heterocycles. The lowest BCUT2D eigenvalue weighted by atomic mass is 10.1. The Morgan fingerprint density at radius 3 is 2.76 bits per heavy atom. The number of likely N-dealkylation sites (tertiary alicyclic amines) is 1. The average Bonchev–Trinajstić information content (AvgIpc) is 2.72. The second-order valence-corrected chi connectivity index (χ2v) is 5.67.